The SMILES string of the molecule is Br.CCCCCCC[N+]1(CCO)CCCCC1.CCCCCOc1ccccc1NC(=O)[O-]. The number of nitrogens with one attached hydrogen (secondary N) is 1. The number of ether oxygens (including phenoxy) is 1. The molecule has 1 aromatic carbocycles. The first kappa shape index (κ1) is 31.7. The summed E-state index contributed by atoms with van der Waals surface area (Å²) in [4.78, 5) is 10.4. The summed E-state index contributed by atoms with van der Waals surface area (Å²) in [6, 6.07) is 6.92. The van der Waals surface area contributed by atoms with Crippen molar-refractivity contribution in [1.29, 1.82) is 0 Å². The fourth-order valence-electron chi connectivity index (χ4n) is 4.34. The van der Waals surface area contributed by atoms with Crippen LogP contribution in [0.4, 0.5) is 10.5 Å². The van der Waals surface area contributed by atoms with Gasteiger partial charge in [0.15, 0.2) is 0 Å². The minimum atomic E-state index is -1.33. The van der Waals surface area contributed by atoms with Crippen LogP contribution in [0.5, 0.6) is 5.75 Å². The molecule has 7 heteroatoms. The maximum absolute atomic E-state index is 10.4. The molecule has 192 valence electrons. The van der Waals surface area contributed by atoms with Gasteiger partial charge in [-0.25, -0.2) is 0 Å². The highest BCUT2D eigenvalue weighted by atomic mass is 79.9. The summed E-state index contributed by atoms with van der Waals surface area (Å²) in [6.45, 7) is 10.3. The molecule has 1 aromatic rings. The molecule has 1 aliphatic heterocycles. The van der Waals surface area contributed by atoms with Crippen LogP contribution in [-0.2, 0) is 0 Å². The van der Waals surface area contributed by atoms with Crippen LogP contribution >= 0.6 is 17.0 Å². The molecule has 2 rings (SSSR count). The van der Waals surface area contributed by atoms with E-state index >= 15 is 0 Å². The van der Waals surface area contributed by atoms with Gasteiger partial charge in [0, 0.05) is 0 Å². The molecule has 0 unspecified atom stereocenters. The molecule has 6 nitrogen and oxygen atoms in total. The lowest BCUT2D eigenvalue weighted by atomic mass is 10.1. The van der Waals surface area contributed by atoms with Gasteiger partial charge in [-0.3, -0.25) is 0 Å². The van der Waals surface area contributed by atoms with Crippen molar-refractivity contribution in [2.45, 2.75) is 84.5 Å². The maximum atomic E-state index is 10.4. The van der Waals surface area contributed by atoms with E-state index in [1.807, 2.05) is 0 Å². The topological polar surface area (TPSA) is 81.6 Å². The van der Waals surface area contributed by atoms with E-state index in [0.29, 0.717) is 24.7 Å². The van der Waals surface area contributed by atoms with E-state index in [4.69, 9.17) is 4.74 Å². The zero-order valence-corrected chi connectivity index (χ0v) is 22.6. The third-order valence-corrected chi connectivity index (χ3v) is 6.20. The Bertz CT molecular complexity index is 604. The first-order chi connectivity index (χ1) is 15.6. The van der Waals surface area contributed by atoms with Crippen LogP contribution in [0.3, 0.4) is 0 Å². The summed E-state index contributed by atoms with van der Waals surface area (Å²) < 4.78 is 6.70. The highest BCUT2D eigenvalue weighted by molar-refractivity contribution is 8.93. The minimum Gasteiger partial charge on any atom is -0.530 e. The Morgan fingerprint density at radius 2 is 1.61 bits per heavy atom. The number of carbonyl (C=O) groups excluding carboxylic acids is 1. The fourth-order valence-corrected chi connectivity index (χ4v) is 4.34. The van der Waals surface area contributed by atoms with Crippen LogP contribution in [0.2, 0.25) is 0 Å². The predicted molar refractivity (Wildman–Crippen MR) is 140 cm³/mol. The number of amides is 1. The highest BCUT2D eigenvalue weighted by Crippen LogP contribution is 2.23. The number of unbranched alkanes of at least 4 members (excludes halogenated alkanes) is 6. The van der Waals surface area contributed by atoms with Gasteiger partial charge in [-0.1, -0.05) is 58.1 Å². The molecule has 1 heterocycles. The quantitative estimate of drug-likeness (QED) is 0.244. The Kier molecular flexibility index (Phi) is 19.3. The van der Waals surface area contributed by atoms with E-state index in [0.717, 1.165) is 25.8 Å². The molecule has 2 N–H and O–H groups in total. The number of rotatable bonds is 14. The lowest BCUT2D eigenvalue weighted by molar-refractivity contribution is -0.932. The van der Waals surface area contributed by atoms with Crippen molar-refractivity contribution < 1.29 is 24.2 Å². The molecule has 1 amide bonds. The number of para-hydroxylation sites is 2. The smallest absolute Gasteiger partial charge is 0.142 e. The van der Waals surface area contributed by atoms with Crippen LogP contribution in [-0.4, -0.2) is 55.1 Å². The minimum absolute atomic E-state index is 0. The summed E-state index contributed by atoms with van der Waals surface area (Å²) in [7, 11) is 0. The van der Waals surface area contributed by atoms with E-state index in [-0.39, 0.29) is 17.0 Å². The van der Waals surface area contributed by atoms with Gasteiger partial charge in [0.2, 0.25) is 0 Å². The first-order valence-electron chi connectivity index (χ1n) is 12.7. The molecule has 0 aromatic heterocycles. The van der Waals surface area contributed by atoms with E-state index < -0.39 is 6.09 Å². The number of piperidine rings is 1. The molecule has 0 radical (unpaired) electrons. The zero-order chi connectivity index (χ0) is 23.5. The largest absolute Gasteiger partial charge is 0.530 e. The third kappa shape index (κ3) is 14.5. The van der Waals surface area contributed by atoms with Crippen LogP contribution in [0, 0.1) is 0 Å². The van der Waals surface area contributed by atoms with Crippen molar-refractivity contribution in [3.63, 3.8) is 0 Å². The predicted octanol–water partition coefficient (Wildman–Crippen LogP) is 5.54. The molecule has 0 bridgehead atoms. The van der Waals surface area contributed by atoms with Crippen molar-refractivity contribution >= 4 is 28.8 Å². The van der Waals surface area contributed by atoms with Crippen molar-refractivity contribution in [1.82, 2.24) is 0 Å². The van der Waals surface area contributed by atoms with Gasteiger partial charge in [0.25, 0.3) is 0 Å². The Morgan fingerprint density at radius 3 is 2.24 bits per heavy atom. The highest BCUT2D eigenvalue weighted by Gasteiger charge is 2.28. The number of quaternary nitrogens is 1. The number of hydrogen-bond acceptors (Lipinski definition) is 4. The Hall–Kier alpha value is -1.31. The number of halogens is 1. The van der Waals surface area contributed by atoms with Gasteiger partial charge < -0.3 is 29.5 Å². The maximum Gasteiger partial charge on any atom is 0.142 e. The van der Waals surface area contributed by atoms with Crippen molar-refractivity contribution in [3.8, 4) is 5.75 Å². The van der Waals surface area contributed by atoms with Crippen molar-refractivity contribution in [3.05, 3.63) is 24.3 Å². The van der Waals surface area contributed by atoms with Crippen LogP contribution in [0.15, 0.2) is 24.3 Å². The summed E-state index contributed by atoms with van der Waals surface area (Å²) >= 11 is 0. The van der Waals surface area contributed by atoms with Gasteiger partial charge in [0.1, 0.15) is 18.4 Å². The van der Waals surface area contributed by atoms with E-state index in [1.165, 1.54) is 75.5 Å². The lowest BCUT2D eigenvalue weighted by Gasteiger charge is -2.41. The van der Waals surface area contributed by atoms with Gasteiger partial charge in [-0.05, 0) is 50.7 Å². The summed E-state index contributed by atoms with van der Waals surface area (Å²) in [6.07, 6.45) is 12.9. The molecular weight excluding hydrogens is 484 g/mol. The molecule has 1 fully saturated rings. The van der Waals surface area contributed by atoms with E-state index in [9.17, 15) is 15.0 Å². The van der Waals surface area contributed by atoms with Crippen LogP contribution < -0.4 is 15.2 Å². The lowest BCUT2D eigenvalue weighted by Crippen LogP contribution is -2.53. The zero-order valence-electron chi connectivity index (χ0n) is 20.9. The number of carboxylic acid groups (broad SMARTS) is 1. The summed E-state index contributed by atoms with van der Waals surface area (Å²) in [5.41, 5.74) is 0.430. The van der Waals surface area contributed by atoms with E-state index in [1.54, 1.807) is 24.3 Å². The van der Waals surface area contributed by atoms with Crippen LogP contribution in [0.25, 0.3) is 0 Å². The molecule has 1 saturated heterocycles. The normalized spacial score (nSPS) is 14.4. The molecule has 0 aliphatic carbocycles. The number of carbonyl (C=O) groups is 1. The average molecular weight is 532 g/mol. The number of nitrogens with zero attached hydrogens (tertiary/aromatic N) is 1. The van der Waals surface area contributed by atoms with E-state index in [2.05, 4.69) is 19.2 Å². The van der Waals surface area contributed by atoms with Gasteiger partial charge in [0.05, 0.1) is 38.5 Å². The van der Waals surface area contributed by atoms with Crippen molar-refractivity contribution in [2.24, 2.45) is 0 Å². The Labute approximate surface area is 212 Å². The molecule has 0 atom stereocenters. The van der Waals surface area contributed by atoms with Gasteiger partial charge in [-0.15, -0.1) is 17.0 Å². The van der Waals surface area contributed by atoms with Crippen LogP contribution in [0.1, 0.15) is 84.5 Å². The number of aliphatic hydroxyl groups excluding tert-OH is 1. The molecule has 33 heavy (non-hydrogen) atoms. The molecule has 0 saturated carbocycles. The monoisotopic (exact) mass is 530 g/mol. The average Bonchev–Trinajstić information content (AvgIpc) is 2.79. The second kappa shape index (κ2) is 20.1. The number of benzene rings is 1. The number of hydrogen-bond donors (Lipinski definition) is 2. The third-order valence-electron chi connectivity index (χ3n) is 6.20. The number of likely N-dealkylation sites (tertiary alicyclic amines) is 1. The Balaban J connectivity index is 0.000000602. The number of aliphatic hydroxyl groups is 1. The second-order valence-electron chi connectivity index (χ2n) is 8.90. The molecule has 1 aliphatic rings. The first-order valence-corrected chi connectivity index (χ1v) is 12.7. The molecular formula is C26H47BrN2O4. The fraction of sp³-hybridized carbons (Fsp3) is 0.731. The standard InChI is InChI=1S/C14H30NO.C12H17NO3.BrH/c1-2-3-4-5-7-10-15(13-14-16)11-8-6-9-12-15;1-2-3-6-9-16-11-8-5-4-7-10(11)13-12(14)15;/h16H,2-14H2,1H3;4-5,7-8,13H,2-3,6,9H2,1H3,(H,14,15);1H/q+1;;/p-1. The van der Waals surface area contributed by atoms with Gasteiger partial charge >= 0.3 is 0 Å². The summed E-state index contributed by atoms with van der Waals surface area (Å²) in [5, 5.41) is 21.8. The van der Waals surface area contributed by atoms with Gasteiger partial charge in [-0.2, -0.15) is 0 Å². The Morgan fingerprint density at radius 1 is 0.970 bits per heavy atom. The second-order valence-corrected chi connectivity index (χ2v) is 8.90. The van der Waals surface area contributed by atoms with Crippen molar-refractivity contribution in [2.75, 3.05) is 44.7 Å². The number of anilines is 1. The summed E-state index contributed by atoms with van der Waals surface area (Å²) in [5.74, 6) is 0.544. The molecule has 0 spiro atoms.